The monoisotopic (exact) mass is 395 g/mol. The molecule has 1 amide bonds. The fraction of sp³-hybridized carbons (Fsp3) is 0.136. The van der Waals surface area contributed by atoms with E-state index in [-0.39, 0.29) is 10.8 Å². The van der Waals surface area contributed by atoms with Crippen LogP contribution in [0.4, 0.5) is 5.69 Å². The molecule has 28 heavy (non-hydrogen) atoms. The summed E-state index contributed by atoms with van der Waals surface area (Å²) >= 11 is 0. The van der Waals surface area contributed by atoms with Gasteiger partial charge in [-0.15, -0.1) is 0 Å². The second kappa shape index (κ2) is 8.27. The highest BCUT2D eigenvalue weighted by atomic mass is 32.2. The summed E-state index contributed by atoms with van der Waals surface area (Å²) in [6, 6.07) is 24.6. The van der Waals surface area contributed by atoms with Crippen molar-refractivity contribution in [3.05, 3.63) is 90.5 Å². The van der Waals surface area contributed by atoms with Crippen LogP contribution in [0, 0.1) is 0 Å². The molecule has 0 saturated heterocycles. The summed E-state index contributed by atoms with van der Waals surface area (Å²) in [7, 11) is -1.65. The van der Waals surface area contributed by atoms with Crippen molar-refractivity contribution in [3.63, 3.8) is 0 Å². The Balaban J connectivity index is 1.90. The Morgan fingerprint density at radius 3 is 1.93 bits per heavy atom. The van der Waals surface area contributed by atoms with Gasteiger partial charge in [0, 0.05) is 24.6 Å². The van der Waals surface area contributed by atoms with Crippen LogP contribution in [0.5, 0.6) is 5.75 Å². The Labute approximate surface area is 165 Å². The molecule has 144 valence electrons. The maximum absolute atomic E-state index is 13.2. The molecule has 0 fully saturated rings. The molecule has 0 heterocycles. The lowest BCUT2D eigenvalue weighted by Crippen LogP contribution is -2.34. The first-order valence-electron chi connectivity index (χ1n) is 8.70. The van der Waals surface area contributed by atoms with E-state index < -0.39 is 15.9 Å². The van der Waals surface area contributed by atoms with Crippen LogP contribution in [0.1, 0.15) is 11.7 Å². The number of hydrogen-bond donors (Lipinski definition) is 0. The molecule has 1 atom stereocenters. The van der Waals surface area contributed by atoms with Gasteiger partial charge in [0.1, 0.15) is 5.75 Å². The summed E-state index contributed by atoms with van der Waals surface area (Å²) in [5.41, 5.74) is 1.31. The highest BCUT2D eigenvalue weighted by Gasteiger charge is 2.27. The average molecular weight is 395 g/mol. The largest absolute Gasteiger partial charge is 0.476 e. The van der Waals surface area contributed by atoms with E-state index in [9.17, 15) is 13.2 Å². The molecule has 0 aliphatic carbocycles. The summed E-state index contributed by atoms with van der Waals surface area (Å²) in [5.74, 6) is 0.327. The third-order valence-corrected chi connectivity index (χ3v) is 5.43. The van der Waals surface area contributed by atoms with Crippen LogP contribution in [0.25, 0.3) is 0 Å². The number of likely N-dealkylation sites (N-methyl/N-ethyl adjacent to an activating group) is 1. The normalized spacial score (nSPS) is 12.2. The zero-order valence-corrected chi connectivity index (χ0v) is 16.5. The third kappa shape index (κ3) is 4.58. The van der Waals surface area contributed by atoms with Crippen LogP contribution in [-0.2, 0) is 14.6 Å². The van der Waals surface area contributed by atoms with Gasteiger partial charge in [0.25, 0.3) is 5.91 Å². The number of rotatable bonds is 6. The number of sulfone groups is 1. The van der Waals surface area contributed by atoms with Crippen molar-refractivity contribution in [2.75, 3.05) is 18.2 Å². The molecule has 3 aromatic rings. The molecule has 0 radical (unpaired) electrons. The Morgan fingerprint density at radius 1 is 0.857 bits per heavy atom. The molecule has 0 aromatic heterocycles. The van der Waals surface area contributed by atoms with Crippen molar-refractivity contribution in [3.8, 4) is 5.75 Å². The fourth-order valence-corrected chi connectivity index (χ4v) is 3.37. The van der Waals surface area contributed by atoms with Crippen LogP contribution in [0.3, 0.4) is 0 Å². The molecule has 0 saturated carbocycles. The van der Waals surface area contributed by atoms with Crippen LogP contribution in [-0.4, -0.2) is 27.6 Å². The van der Waals surface area contributed by atoms with E-state index in [4.69, 9.17) is 4.74 Å². The summed E-state index contributed by atoms with van der Waals surface area (Å²) in [6.45, 7) is 0. The minimum atomic E-state index is -3.29. The number of carbonyl (C=O) groups excluding carboxylic acids is 1. The van der Waals surface area contributed by atoms with E-state index in [1.165, 1.54) is 17.0 Å². The van der Waals surface area contributed by atoms with Crippen molar-refractivity contribution in [2.45, 2.75) is 11.0 Å². The Morgan fingerprint density at radius 2 is 1.39 bits per heavy atom. The number of benzene rings is 3. The first-order chi connectivity index (χ1) is 13.4. The van der Waals surface area contributed by atoms with Crippen LogP contribution in [0.15, 0.2) is 89.8 Å². The topological polar surface area (TPSA) is 63.7 Å². The molecule has 0 bridgehead atoms. The number of hydrogen-bond acceptors (Lipinski definition) is 4. The third-order valence-electron chi connectivity index (χ3n) is 4.31. The number of anilines is 1. The summed E-state index contributed by atoms with van der Waals surface area (Å²) in [4.78, 5) is 14.9. The Hall–Kier alpha value is -3.12. The number of para-hydroxylation sites is 1. The molecule has 1 unspecified atom stereocenters. The molecule has 0 aliphatic rings. The molecular formula is C22H21NO4S. The van der Waals surface area contributed by atoms with E-state index in [2.05, 4.69) is 0 Å². The molecule has 5 nitrogen and oxygen atoms in total. The maximum atomic E-state index is 13.2. The second-order valence-electron chi connectivity index (χ2n) is 6.38. The van der Waals surface area contributed by atoms with Gasteiger partial charge in [0.05, 0.1) is 4.90 Å². The van der Waals surface area contributed by atoms with Crippen molar-refractivity contribution in [1.82, 2.24) is 0 Å². The lowest BCUT2D eigenvalue weighted by atomic mass is 10.1. The predicted octanol–water partition coefficient (Wildman–Crippen LogP) is 3.87. The van der Waals surface area contributed by atoms with Gasteiger partial charge in [-0.25, -0.2) is 8.42 Å². The maximum Gasteiger partial charge on any atom is 0.272 e. The highest BCUT2D eigenvalue weighted by Crippen LogP contribution is 2.26. The number of nitrogens with zero attached hydrogens (tertiary/aromatic N) is 1. The van der Waals surface area contributed by atoms with Gasteiger partial charge in [0.15, 0.2) is 9.84 Å². The number of amides is 1. The smallest absolute Gasteiger partial charge is 0.272 e. The van der Waals surface area contributed by atoms with Crippen LogP contribution in [0.2, 0.25) is 0 Å². The first-order valence-corrected chi connectivity index (χ1v) is 10.6. The quantitative estimate of drug-likeness (QED) is 0.636. The van der Waals surface area contributed by atoms with Gasteiger partial charge >= 0.3 is 0 Å². The highest BCUT2D eigenvalue weighted by molar-refractivity contribution is 7.90. The van der Waals surface area contributed by atoms with E-state index >= 15 is 0 Å². The Kier molecular flexibility index (Phi) is 5.80. The molecule has 6 heteroatoms. The SMILES string of the molecule is CN(C(=O)C(Oc1ccccc1)c1ccccc1)c1ccc(S(C)(=O)=O)cc1. The van der Waals surface area contributed by atoms with E-state index in [1.54, 1.807) is 31.3 Å². The lowest BCUT2D eigenvalue weighted by Gasteiger charge is -2.25. The van der Waals surface area contributed by atoms with Crippen LogP contribution < -0.4 is 9.64 Å². The van der Waals surface area contributed by atoms with Crippen molar-refractivity contribution < 1.29 is 17.9 Å². The number of carbonyl (C=O) groups is 1. The van der Waals surface area contributed by atoms with Gasteiger partial charge in [-0.1, -0.05) is 48.5 Å². The minimum absolute atomic E-state index is 0.206. The first kappa shape index (κ1) is 19.6. The minimum Gasteiger partial charge on any atom is -0.476 e. The summed E-state index contributed by atoms with van der Waals surface area (Å²) < 4.78 is 29.3. The molecule has 0 N–H and O–H groups in total. The predicted molar refractivity (Wildman–Crippen MR) is 109 cm³/mol. The van der Waals surface area contributed by atoms with Crippen molar-refractivity contribution in [2.24, 2.45) is 0 Å². The van der Waals surface area contributed by atoms with E-state index in [1.807, 2.05) is 48.5 Å². The van der Waals surface area contributed by atoms with Gasteiger partial charge < -0.3 is 9.64 Å². The molecular weight excluding hydrogens is 374 g/mol. The van der Waals surface area contributed by atoms with E-state index in [0.717, 1.165) is 11.8 Å². The molecule has 0 spiro atoms. The standard InChI is InChI=1S/C22H21NO4S/c1-23(18-13-15-20(16-14-18)28(2,25)26)22(24)21(17-9-5-3-6-10-17)27-19-11-7-4-8-12-19/h3-16,21H,1-2H3. The number of ether oxygens (including phenoxy) is 1. The lowest BCUT2D eigenvalue weighted by molar-refractivity contribution is -0.125. The zero-order valence-electron chi connectivity index (χ0n) is 15.6. The summed E-state index contributed by atoms with van der Waals surface area (Å²) in [5, 5.41) is 0. The second-order valence-corrected chi connectivity index (χ2v) is 8.40. The van der Waals surface area contributed by atoms with Gasteiger partial charge in [-0.2, -0.15) is 0 Å². The summed E-state index contributed by atoms with van der Waals surface area (Å²) in [6.07, 6.45) is 0.318. The van der Waals surface area contributed by atoms with Gasteiger partial charge in [-0.3, -0.25) is 4.79 Å². The Bertz CT molecular complexity index is 1030. The fourth-order valence-electron chi connectivity index (χ4n) is 2.74. The zero-order chi connectivity index (χ0) is 20.1. The van der Waals surface area contributed by atoms with Crippen molar-refractivity contribution >= 4 is 21.4 Å². The van der Waals surface area contributed by atoms with E-state index in [0.29, 0.717) is 11.4 Å². The van der Waals surface area contributed by atoms with Crippen molar-refractivity contribution in [1.29, 1.82) is 0 Å². The van der Waals surface area contributed by atoms with Gasteiger partial charge in [-0.05, 0) is 36.4 Å². The molecule has 0 aliphatic heterocycles. The molecule has 3 rings (SSSR count). The molecule has 3 aromatic carbocycles. The van der Waals surface area contributed by atoms with Gasteiger partial charge in [0.2, 0.25) is 6.10 Å². The average Bonchev–Trinajstić information content (AvgIpc) is 2.72. The van der Waals surface area contributed by atoms with Crippen LogP contribution >= 0.6 is 0 Å².